The van der Waals surface area contributed by atoms with E-state index in [9.17, 15) is 4.79 Å². The number of piperidine rings is 1. The number of esters is 1. The van der Waals surface area contributed by atoms with Crippen LogP contribution < -0.4 is 0 Å². The molecule has 2 aliphatic heterocycles. The Kier molecular flexibility index (Phi) is 6.80. The van der Waals surface area contributed by atoms with Gasteiger partial charge in [0.05, 0.1) is 7.11 Å². The Hall–Kier alpha value is -0.610. The number of carbonyl (C=O) groups excluding carboxylic acids is 1. The van der Waals surface area contributed by atoms with E-state index >= 15 is 0 Å². The molecule has 20 heavy (non-hydrogen) atoms. The van der Waals surface area contributed by atoms with E-state index in [1.807, 2.05) is 0 Å². The predicted octanol–water partition coefficient (Wildman–Crippen LogP) is 2.28. The molecule has 2 aliphatic rings. The smallest absolute Gasteiger partial charge is 0.305 e. The van der Waals surface area contributed by atoms with Crippen LogP contribution in [0, 0.1) is 0 Å². The molecule has 0 saturated carbocycles. The molecule has 0 radical (unpaired) electrons. The molecule has 0 bridgehead atoms. The van der Waals surface area contributed by atoms with Crippen molar-refractivity contribution in [1.82, 2.24) is 9.80 Å². The summed E-state index contributed by atoms with van der Waals surface area (Å²) < 4.78 is 4.70. The third-order valence-corrected chi connectivity index (χ3v) is 4.72. The minimum atomic E-state index is -0.0777. The molecule has 0 aromatic carbocycles. The van der Waals surface area contributed by atoms with Crippen molar-refractivity contribution < 1.29 is 9.53 Å². The van der Waals surface area contributed by atoms with Crippen LogP contribution in [0.4, 0.5) is 0 Å². The SMILES string of the molecule is COC(=O)CCCN1CCCC(N2CCCCCC2)C1. The number of likely N-dealkylation sites (tertiary alicyclic amines) is 2. The van der Waals surface area contributed by atoms with Crippen LogP contribution in [0.15, 0.2) is 0 Å². The summed E-state index contributed by atoms with van der Waals surface area (Å²) in [6, 6.07) is 0.750. The molecule has 0 aromatic rings. The van der Waals surface area contributed by atoms with Gasteiger partial charge < -0.3 is 9.64 Å². The lowest BCUT2D eigenvalue weighted by molar-refractivity contribution is -0.140. The average molecular weight is 282 g/mol. The lowest BCUT2D eigenvalue weighted by Gasteiger charge is -2.39. The van der Waals surface area contributed by atoms with Crippen LogP contribution in [0.25, 0.3) is 0 Å². The van der Waals surface area contributed by atoms with E-state index in [1.165, 1.54) is 71.8 Å². The van der Waals surface area contributed by atoms with Crippen molar-refractivity contribution in [3.63, 3.8) is 0 Å². The lowest BCUT2D eigenvalue weighted by Crippen LogP contribution is -2.48. The van der Waals surface area contributed by atoms with Gasteiger partial charge in [0, 0.05) is 19.0 Å². The first kappa shape index (κ1) is 15.8. The highest BCUT2D eigenvalue weighted by molar-refractivity contribution is 5.69. The van der Waals surface area contributed by atoms with Gasteiger partial charge in [-0.15, -0.1) is 0 Å². The second-order valence-corrected chi connectivity index (χ2v) is 6.23. The van der Waals surface area contributed by atoms with Crippen LogP contribution in [-0.4, -0.2) is 61.6 Å². The van der Waals surface area contributed by atoms with Crippen LogP contribution in [0.2, 0.25) is 0 Å². The molecule has 1 unspecified atom stereocenters. The van der Waals surface area contributed by atoms with E-state index in [1.54, 1.807) is 0 Å². The molecule has 0 aliphatic carbocycles. The molecule has 2 saturated heterocycles. The number of nitrogens with zero attached hydrogens (tertiary/aromatic N) is 2. The number of hydrogen-bond donors (Lipinski definition) is 0. The van der Waals surface area contributed by atoms with Crippen molar-refractivity contribution in [3.05, 3.63) is 0 Å². The summed E-state index contributed by atoms with van der Waals surface area (Å²) in [6.45, 7) is 6.02. The third-order valence-electron chi connectivity index (χ3n) is 4.72. The molecule has 4 nitrogen and oxygen atoms in total. The van der Waals surface area contributed by atoms with E-state index in [2.05, 4.69) is 9.80 Å². The molecule has 0 N–H and O–H groups in total. The average Bonchev–Trinajstić information content (AvgIpc) is 2.76. The summed E-state index contributed by atoms with van der Waals surface area (Å²) in [4.78, 5) is 16.4. The maximum Gasteiger partial charge on any atom is 0.305 e. The van der Waals surface area contributed by atoms with Gasteiger partial charge in [-0.25, -0.2) is 0 Å². The van der Waals surface area contributed by atoms with Crippen molar-refractivity contribution in [3.8, 4) is 0 Å². The zero-order chi connectivity index (χ0) is 14.2. The minimum absolute atomic E-state index is 0.0777. The maximum absolute atomic E-state index is 11.2. The molecule has 2 heterocycles. The van der Waals surface area contributed by atoms with E-state index < -0.39 is 0 Å². The van der Waals surface area contributed by atoms with Gasteiger partial charge in [-0.05, 0) is 58.3 Å². The highest BCUT2D eigenvalue weighted by Gasteiger charge is 2.25. The Morgan fingerprint density at radius 1 is 1.10 bits per heavy atom. The lowest BCUT2D eigenvalue weighted by atomic mass is 10.0. The number of ether oxygens (including phenoxy) is 1. The molecule has 4 heteroatoms. The molecule has 0 amide bonds. The summed E-state index contributed by atoms with van der Waals surface area (Å²) in [5.74, 6) is -0.0777. The normalized spacial score (nSPS) is 26.1. The first-order valence-electron chi connectivity index (χ1n) is 8.33. The summed E-state index contributed by atoms with van der Waals surface area (Å²) in [5.41, 5.74) is 0. The Morgan fingerprint density at radius 2 is 1.85 bits per heavy atom. The van der Waals surface area contributed by atoms with Crippen molar-refractivity contribution in [2.24, 2.45) is 0 Å². The second kappa shape index (κ2) is 8.63. The van der Waals surface area contributed by atoms with Crippen LogP contribution >= 0.6 is 0 Å². The van der Waals surface area contributed by atoms with E-state index in [0.29, 0.717) is 6.42 Å². The van der Waals surface area contributed by atoms with Gasteiger partial charge in [-0.3, -0.25) is 9.69 Å². The van der Waals surface area contributed by atoms with Gasteiger partial charge in [-0.1, -0.05) is 12.8 Å². The van der Waals surface area contributed by atoms with E-state index in [4.69, 9.17) is 4.74 Å². The number of methoxy groups -OCH3 is 1. The fourth-order valence-corrected chi connectivity index (χ4v) is 3.54. The monoisotopic (exact) mass is 282 g/mol. The second-order valence-electron chi connectivity index (χ2n) is 6.23. The Bertz CT molecular complexity index is 288. The van der Waals surface area contributed by atoms with Gasteiger partial charge in [-0.2, -0.15) is 0 Å². The summed E-state index contributed by atoms with van der Waals surface area (Å²) >= 11 is 0. The molecule has 0 aromatic heterocycles. The summed E-state index contributed by atoms with van der Waals surface area (Å²) in [6.07, 6.45) is 9.71. The van der Waals surface area contributed by atoms with Crippen LogP contribution in [-0.2, 0) is 9.53 Å². The van der Waals surface area contributed by atoms with Gasteiger partial charge in [0.2, 0.25) is 0 Å². The van der Waals surface area contributed by atoms with Crippen LogP contribution in [0.5, 0.6) is 0 Å². The van der Waals surface area contributed by atoms with E-state index in [0.717, 1.165) is 19.0 Å². The summed E-state index contributed by atoms with van der Waals surface area (Å²) in [7, 11) is 1.47. The molecular formula is C16H30N2O2. The zero-order valence-electron chi connectivity index (χ0n) is 13.0. The first-order valence-corrected chi connectivity index (χ1v) is 8.33. The maximum atomic E-state index is 11.2. The zero-order valence-corrected chi connectivity index (χ0v) is 13.0. The highest BCUT2D eigenvalue weighted by Crippen LogP contribution is 2.20. The molecule has 116 valence electrons. The Morgan fingerprint density at radius 3 is 2.55 bits per heavy atom. The predicted molar refractivity (Wildman–Crippen MR) is 80.8 cm³/mol. The van der Waals surface area contributed by atoms with Crippen LogP contribution in [0.1, 0.15) is 51.4 Å². The van der Waals surface area contributed by atoms with Crippen molar-refractivity contribution in [1.29, 1.82) is 0 Å². The molecule has 2 rings (SSSR count). The molecule has 2 fully saturated rings. The topological polar surface area (TPSA) is 32.8 Å². The first-order chi connectivity index (χ1) is 9.79. The largest absolute Gasteiger partial charge is 0.469 e. The highest BCUT2D eigenvalue weighted by atomic mass is 16.5. The number of carbonyl (C=O) groups is 1. The Balaban J connectivity index is 1.71. The minimum Gasteiger partial charge on any atom is -0.469 e. The fourth-order valence-electron chi connectivity index (χ4n) is 3.54. The van der Waals surface area contributed by atoms with Gasteiger partial charge in [0.25, 0.3) is 0 Å². The van der Waals surface area contributed by atoms with Gasteiger partial charge in [0.15, 0.2) is 0 Å². The quantitative estimate of drug-likeness (QED) is 0.724. The van der Waals surface area contributed by atoms with Gasteiger partial charge >= 0.3 is 5.97 Å². The summed E-state index contributed by atoms with van der Waals surface area (Å²) in [5, 5.41) is 0. The van der Waals surface area contributed by atoms with Crippen molar-refractivity contribution >= 4 is 5.97 Å². The van der Waals surface area contributed by atoms with E-state index in [-0.39, 0.29) is 5.97 Å². The van der Waals surface area contributed by atoms with Crippen LogP contribution in [0.3, 0.4) is 0 Å². The third kappa shape index (κ3) is 5.06. The molecule has 0 spiro atoms. The fraction of sp³-hybridized carbons (Fsp3) is 0.938. The standard InChI is InChI=1S/C16H30N2O2/c1-20-16(19)9-7-11-17-10-6-8-15(14-17)18-12-4-2-3-5-13-18/h15H,2-14H2,1H3. The Labute approximate surface area is 123 Å². The number of hydrogen-bond acceptors (Lipinski definition) is 4. The molecular weight excluding hydrogens is 252 g/mol. The van der Waals surface area contributed by atoms with Crippen molar-refractivity contribution in [2.45, 2.75) is 57.4 Å². The molecule has 1 atom stereocenters. The van der Waals surface area contributed by atoms with Crippen molar-refractivity contribution in [2.75, 3.05) is 39.8 Å². The van der Waals surface area contributed by atoms with Gasteiger partial charge in [0.1, 0.15) is 0 Å². The number of rotatable bonds is 5.